The van der Waals surface area contributed by atoms with Crippen molar-refractivity contribution < 1.29 is 4.43 Å². The molecule has 0 saturated carbocycles. The van der Waals surface area contributed by atoms with Gasteiger partial charge in [-0.2, -0.15) is 0 Å². The smallest absolute Gasteiger partial charge is 0.176 e. The van der Waals surface area contributed by atoms with Gasteiger partial charge in [0.25, 0.3) is 0 Å². The molecule has 0 aromatic heterocycles. The molecule has 0 heterocycles. The van der Waals surface area contributed by atoms with Gasteiger partial charge in [0.2, 0.25) is 0 Å². The van der Waals surface area contributed by atoms with Crippen molar-refractivity contribution in [3.05, 3.63) is 91.0 Å². The molecule has 0 spiro atoms. The van der Waals surface area contributed by atoms with Crippen LogP contribution in [0, 0.1) is 5.41 Å². The molecule has 0 fully saturated rings. The molecule has 0 aliphatic rings. The van der Waals surface area contributed by atoms with Crippen molar-refractivity contribution >= 4 is 32.2 Å². The van der Waals surface area contributed by atoms with Gasteiger partial charge in [-0.15, -0.1) is 0 Å². The van der Waals surface area contributed by atoms with Crippen molar-refractivity contribution in [3.8, 4) is 0 Å². The number of hydrogen-bond donors (Lipinski definition) is 0. The van der Waals surface area contributed by atoms with E-state index in [1.165, 1.54) is 15.9 Å². The van der Waals surface area contributed by atoms with Gasteiger partial charge in [-0.3, -0.25) is 0 Å². The Hall–Kier alpha value is -1.73. The summed E-state index contributed by atoms with van der Waals surface area (Å²) in [4.78, 5) is 0. The van der Waals surface area contributed by atoms with Crippen LogP contribution in [0.2, 0.25) is 13.1 Å². The Morgan fingerprint density at radius 3 is 1.37 bits per heavy atom. The van der Waals surface area contributed by atoms with Crippen LogP contribution in [-0.2, 0) is 4.43 Å². The van der Waals surface area contributed by atoms with Crippen LogP contribution in [0.4, 0.5) is 0 Å². The lowest BCUT2D eigenvalue weighted by Crippen LogP contribution is -2.42. The quantitative estimate of drug-likeness (QED) is 0.305. The van der Waals surface area contributed by atoms with E-state index >= 15 is 0 Å². The largest absolute Gasteiger partial charge is 0.387 e. The van der Waals surface area contributed by atoms with Gasteiger partial charge in [0.1, 0.15) is 23.2 Å². The summed E-state index contributed by atoms with van der Waals surface area (Å²) in [6, 6.07) is 33.4. The summed E-state index contributed by atoms with van der Waals surface area (Å²) in [5.74, 6) is 0.190. The normalized spacial score (nSPS) is 13.4. The van der Waals surface area contributed by atoms with Crippen LogP contribution in [0.1, 0.15) is 33.6 Å². The van der Waals surface area contributed by atoms with E-state index in [0.29, 0.717) is 0 Å². The van der Waals surface area contributed by atoms with E-state index in [1.54, 1.807) is 0 Å². The summed E-state index contributed by atoms with van der Waals surface area (Å²) < 4.78 is 6.96. The van der Waals surface area contributed by atoms with Crippen molar-refractivity contribution in [1.29, 1.82) is 0 Å². The molecule has 158 valence electrons. The molecule has 1 nitrogen and oxygen atoms in total. The van der Waals surface area contributed by atoms with Crippen molar-refractivity contribution in [2.24, 2.45) is 5.41 Å². The fourth-order valence-electron chi connectivity index (χ4n) is 4.16. The molecule has 0 radical (unpaired) electrons. The Kier molecular flexibility index (Phi) is 7.68. The molecule has 3 heteroatoms. The van der Waals surface area contributed by atoms with Crippen LogP contribution in [-0.4, -0.2) is 14.9 Å². The molecule has 1 unspecified atom stereocenters. The molecule has 1 atom stereocenters. The monoisotopic (exact) mass is 435 g/mol. The fraction of sp³-hybridized carbons (Fsp3) is 0.333. The van der Waals surface area contributed by atoms with E-state index in [2.05, 4.69) is 125 Å². The summed E-state index contributed by atoms with van der Waals surface area (Å²) in [7, 11) is -3.25. The second-order valence-corrected chi connectivity index (χ2v) is 15.4. The molecule has 30 heavy (non-hydrogen) atoms. The summed E-state index contributed by atoms with van der Waals surface area (Å²) in [5.41, 5.74) is 0.278. The number of rotatable bonds is 8. The third kappa shape index (κ3) is 5.30. The van der Waals surface area contributed by atoms with Gasteiger partial charge < -0.3 is 4.43 Å². The minimum atomic E-state index is -1.99. The maximum atomic E-state index is 6.96. The minimum Gasteiger partial charge on any atom is -0.387 e. The molecule has 0 aliphatic carbocycles. The lowest BCUT2D eigenvalue weighted by molar-refractivity contribution is 0.241. The molecule has 3 rings (SSSR count). The first-order chi connectivity index (χ1) is 14.3. The SMILES string of the molecule is C[SiH](C)OC(CCC(C)(C)C)[P+](c1ccccc1)(c1ccccc1)c1ccccc1. The van der Waals surface area contributed by atoms with E-state index in [9.17, 15) is 0 Å². The Labute approximate surface area is 185 Å². The second kappa shape index (κ2) is 10.0. The van der Waals surface area contributed by atoms with Gasteiger partial charge in [0, 0.05) is 6.42 Å². The van der Waals surface area contributed by atoms with Crippen molar-refractivity contribution in [2.45, 2.75) is 52.6 Å². The van der Waals surface area contributed by atoms with Gasteiger partial charge in [-0.05, 0) is 61.3 Å². The molecule has 0 N–H and O–H groups in total. The van der Waals surface area contributed by atoms with E-state index < -0.39 is 16.3 Å². The number of benzene rings is 3. The highest BCUT2D eigenvalue weighted by Crippen LogP contribution is 2.61. The third-order valence-electron chi connectivity index (χ3n) is 5.49. The molecule has 0 aliphatic heterocycles. The van der Waals surface area contributed by atoms with Crippen molar-refractivity contribution in [1.82, 2.24) is 0 Å². The second-order valence-electron chi connectivity index (χ2n) is 9.47. The fourth-order valence-corrected chi connectivity index (χ4v) is 10.7. The van der Waals surface area contributed by atoms with Gasteiger partial charge in [0.05, 0.1) is 0 Å². The van der Waals surface area contributed by atoms with E-state index in [-0.39, 0.29) is 11.3 Å². The first-order valence-corrected chi connectivity index (χ1v) is 15.7. The summed E-state index contributed by atoms with van der Waals surface area (Å²) in [5, 5.41) is 4.24. The van der Waals surface area contributed by atoms with Crippen LogP contribution in [0.5, 0.6) is 0 Å². The number of hydrogen-bond acceptors (Lipinski definition) is 1. The molecule has 0 amide bonds. The van der Waals surface area contributed by atoms with Gasteiger partial charge in [-0.1, -0.05) is 75.4 Å². The van der Waals surface area contributed by atoms with Crippen molar-refractivity contribution in [2.75, 3.05) is 0 Å². The Morgan fingerprint density at radius 1 is 0.700 bits per heavy atom. The van der Waals surface area contributed by atoms with Crippen molar-refractivity contribution in [3.63, 3.8) is 0 Å². The zero-order valence-corrected chi connectivity index (χ0v) is 21.1. The zero-order valence-electron chi connectivity index (χ0n) is 19.1. The molecule has 3 aromatic rings. The zero-order chi connectivity index (χ0) is 21.6. The third-order valence-corrected chi connectivity index (χ3v) is 11.2. The summed E-state index contributed by atoms with van der Waals surface area (Å²) in [6.07, 6.45) is 2.22. The van der Waals surface area contributed by atoms with Gasteiger partial charge in [0.15, 0.2) is 14.9 Å². The van der Waals surface area contributed by atoms with E-state index in [0.717, 1.165) is 12.8 Å². The predicted octanol–water partition coefficient (Wildman–Crippen LogP) is 6.13. The lowest BCUT2D eigenvalue weighted by Gasteiger charge is -2.36. The van der Waals surface area contributed by atoms with E-state index in [1.807, 2.05) is 0 Å². The molecule has 0 bridgehead atoms. The summed E-state index contributed by atoms with van der Waals surface area (Å²) in [6.45, 7) is 11.6. The van der Waals surface area contributed by atoms with Crippen LogP contribution >= 0.6 is 7.26 Å². The maximum absolute atomic E-state index is 6.96. The average Bonchev–Trinajstić information content (AvgIpc) is 2.74. The minimum absolute atomic E-state index is 0.190. The summed E-state index contributed by atoms with van der Waals surface area (Å²) >= 11 is 0. The first kappa shape index (κ1) is 22.9. The molecular weight excluding hydrogens is 399 g/mol. The topological polar surface area (TPSA) is 9.23 Å². The highest BCUT2D eigenvalue weighted by molar-refractivity contribution is 7.96. The van der Waals surface area contributed by atoms with Crippen LogP contribution in [0.3, 0.4) is 0 Å². The standard InChI is InChI=1S/C27H36OPSi/c1-27(2,3)22-21-26(28-30(4)5)29(23-15-9-6-10-16-23,24-17-11-7-12-18-24)25-19-13-8-14-20-25/h6-20,26,30H,21-22H2,1-5H3/q+1. The Balaban J connectivity index is 2.30. The van der Waals surface area contributed by atoms with E-state index in [4.69, 9.17) is 4.43 Å². The lowest BCUT2D eigenvalue weighted by atomic mass is 9.91. The molecular formula is C27H36OPSi+. The highest BCUT2D eigenvalue weighted by atomic mass is 31.2. The maximum Gasteiger partial charge on any atom is 0.176 e. The first-order valence-electron chi connectivity index (χ1n) is 11.0. The Bertz CT molecular complexity index is 792. The van der Waals surface area contributed by atoms with Gasteiger partial charge >= 0.3 is 0 Å². The van der Waals surface area contributed by atoms with Crippen LogP contribution in [0.25, 0.3) is 0 Å². The highest BCUT2D eigenvalue weighted by Gasteiger charge is 2.53. The van der Waals surface area contributed by atoms with Gasteiger partial charge in [-0.25, -0.2) is 0 Å². The Morgan fingerprint density at radius 2 is 1.07 bits per heavy atom. The molecule has 3 aromatic carbocycles. The van der Waals surface area contributed by atoms with Crippen LogP contribution in [0.15, 0.2) is 91.0 Å². The van der Waals surface area contributed by atoms with Crippen LogP contribution < -0.4 is 15.9 Å². The predicted molar refractivity (Wildman–Crippen MR) is 138 cm³/mol. The average molecular weight is 436 g/mol. The molecule has 0 saturated heterocycles.